The topological polar surface area (TPSA) is 37.6 Å². The van der Waals surface area contributed by atoms with E-state index in [1.54, 1.807) is 0 Å². The number of hydrogen-bond acceptors (Lipinski definition) is 3. The standard InChI is InChI=1S/C17H21F3N2O2/c1-21-8-7-13(9-21)10-22(2)11-14(23)12-24-16-6-4-3-5-15(16)17(18,19)20/h3-9,14,23H,10-12H2,1-2H3. The number of alkyl halides is 3. The van der Waals surface area contributed by atoms with Gasteiger partial charge in [-0.15, -0.1) is 0 Å². The first-order chi connectivity index (χ1) is 11.3. The van der Waals surface area contributed by atoms with Crippen molar-refractivity contribution in [1.82, 2.24) is 9.47 Å². The van der Waals surface area contributed by atoms with E-state index in [0.717, 1.165) is 11.6 Å². The van der Waals surface area contributed by atoms with E-state index in [9.17, 15) is 18.3 Å². The van der Waals surface area contributed by atoms with E-state index in [0.29, 0.717) is 13.1 Å². The minimum Gasteiger partial charge on any atom is -0.490 e. The average Bonchev–Trinajstić information content (AvgIpc) is 2.89. The number of aromatic nitrogens is 1. The van der Waals surface area contributed by atoms with E-state index in [1.165, 1.54) is 18.2 Å². The molecule has 0 aliphatic rings. The van der Waals surface area contributed by atoms with Gasteiger partial charge >= 0.3 is 6.18 Å². The maximum Gasteiger partial charge on any atom is 0.419 e. The Balaban J connectivity index is 1.86. The molecule has 0 radical (unpaired) electrons. The van der Waals surface area contributed by atoms with Crippen LogP contribution in [0.25, 0.3) is 0 Å². The summed E-state index contributed by atoms with van der Waals surface area (Å²) in [6, 6.07) is 6.96. The molecule has 1 atom stereocenters. The molecule has 2 aromatic rings. The van der Waals surface area contributed by atoms with Crippen molar-refractivity contribution in [2.75, 3.05) is 20.2 Å². The van der Waals surface area contributed by atoms with Crippen molar-refractivity contribution in [3.05, 3.63) is 53.9 Å². The van der Waals surface area contributed by atoms with Gasteiger partial charge in [-0.05, 0) is 30.8 Å². The van der Waals surface area contributed by atoms with Gasteiger partial charge < -0.3 is 14.4 Å². The number of likely N-dealkylation sites (N-methyl/N-ethyl adjacent to an activating group) is 1. The molecule has 132 valence electrons. The average molecular weight is 342 g/mol. The molecule has 0 amide bonds. The Morgan fingerprint density at radius 3 is 2.58 bits per heavy atom. The van der Waals surface area contributed by atoms with Crippen molar-refractivity contribution >= 4 is 0 Å². The summed E-state index contributed by atoms with van der Waals surface area (Å²) < 4.78 is 45.7. The fraction of sp³-hybridized carbons (Fsp3) is 0.412. The number of benzene rings is 1. The van der Waals surface area contributed by atoms with E-state index in [4.69, 9.17) is 4.74 Å². The highest BCUT2D eigenvalue weighted by molar-refractivity contribution is 5.35. The van der Waals surface area contributed by atoms with Crippen molar-refractivity contribution < 1.29 is 23.0 Å². The van der Waals surface area contributed by atoms with E-state index in [1.807, 2.05) is 42.0 Å². The molecule has 0 aliphatic heterocycles. The lowest BCUT2D eigenvalue weighted by Gasteiger charge is -2.21. The molecule has 1 unspecified atom stereocenters. The van der Waals surface area contributed by atoms with Gasteiger partial charge in [-0.1, -0.05) is 12.1 Å². The Labute approximate surface area is 139 Å². The SMILES string of the molecule is CN(Cc1ccn(C)c1)CC(O)COc1ccccc1C(F)(F)F. The maximum absolute atomic E-state index is 12.9. The lowest BCUT2D eigenvalue weighted by atomic mass is 10.2. The second kappa shape index (κ2) is 7.72. The molecule has 7 heteroatoms. The first kappa shape index (κ1) is 18.4. The fourth-order valence-corrected chi connectivity index (χ4v) is 2.46. The zero-order chi connectivity index (χ0) is 17.7. The Morgan fingerprint density at radius 2 is 1.96 bits per heavy atom. The van der Waals surface area contributed by atoms with Crippen LogP contribution in [-0.4, -0.2) is 40.9 Å². The Kier molecular flexibility index (Phi) is 5.90. The molecule has 0 saturated carbocycles. The van der Waals surface area contributed by atoms with E-state index < -0.39 is 17.8 Å². The molecule has 2 rings (SSSR count). The van der Waals surface area contributed by atoms with Crippen molar-refractivity contribution in [2.24, 2.45) is 7.05 Å². The normalized spacial score (nSPS) is 13.3. The molecule has 1 aromatic heterocycles. The predicted molar refractivity (Wildman–Crippen MR) is 84.7 cm³/mol. The Hall–Kier alpha value is -1.99. The largest absolute Gasteiger partial charge is 0.490 e. The molecule has 1 N–H and O–H groups in total. The monoisotopic (exact) mass is 342 g/mol. The molecular weight excluding hydrogens is 321 g/mol. The summed E-state index contributed by atoms with van der Waals surface area (Å²) in [4.78, 5) is 1.89. The van der Waals surface area contributed by atoms with Gasteiger partial charge in [0.25, 0.3) is 0 Å². The van der Waals surface area contributed by atoms with Crippen LogP contribution in [0.4, 0.5) is 13.2 Å². The van der Waals surface area contributed by atoms with Crippen molar-refractivity contribution in [2.45, 2.75) is 18.8 Å². The minimum atomic E-state index is -4.48. The highest BCUT2D eigenvalue weighted by Gasteiger charge is 2.34. The van der Waals surface area contributed by atoms with Crippen LogP contribution in [0.1, 0.15) is 11.1 Å². The summed E-state index contributed by atoms with van der Waals surface area (Å²) in [5.41, 5.74) is 0.255. The highest BCUT2D eigenvalue weighted by Crippen LogP contribution is 2.35. The van der Waals surface area contributed by atoms with Gasteiger partial charge in [0.05, 0.1) is 5.56 Å². The number of para-hydroxylation sites is 1. The number of halogens is 3. The van der Waals surface area contributed by atoms with Crippen molar-refractivity contribution in [3.63, 3.8) is 0 Å². The third kappa shape index (κ3) is 5.28. The van der Waals surface area contributed by atoms with Crippen LogP contribution in [0.15, 0.2) is 42.7 Å². The lowest BCUT2D eigenvalue weighted by molar-refractivity contribution is -0.139. The summed E-state index contributed by atoms with van der Waals surface area (Å²) in [6.45, 7) is 0.729. The maximum atomic E-state index is 12.9. The number of ether oxygens (including phenoxy) is 1. The van der Waals surface area contributed by atoms with Gasteiger partial charge in [0.2, 0.25) is 0 Å². The van der Waals surface area contributed by atoms with Gasteiger partial charge in [-0.2, -0.15) is 13.2 Å². The third-order valence-electron chi connectivity index (χ3n) is 3.49. The second-order valence-corrected chi connectivity index (χ2v) is 5.84. The summed E-state index contributed by atoms with van der Waals surface area (Å²) in [5.74, 6) is -0.269. The first-order valence-corrected chi connectivity index (χ1v) is 7.52. The molecule has 4 nitrogen and oxygen atoms in total. The molecule has 24 heavy (non-hydrogen) atoms. The van der Waals surface area contributed by atoms with Crippen molar-refractivity contribution in [3.8, 4) is 5.75 Å². The van der Waals surface area contributed by atoms with E-state index in [-0.39, 0.29) is 12.4 Å². The third-order valence-corrected chi connectivity index (χ3v) is 3.49. The zero-order valence-corrected chi connectivity index (χ0v) is 13.6. The van der Waals surface area contributed by atoms with Gasteiger partial charge in [0.15, 0.2) is 0 Å². The number of aryl methyl sites for hydroxylation is 1. The Morgan fingerprint density at radius 1 is 1.25 bits per heavy atom. The second-order valence-electron chi connectivity index (χ2n) is 5.84. The minimum absolute atomic E-state index is 0.202. The first-order valence-electron chi connectivity index (χ1n) is 7.52. The molecule has 1 heterocycles. The Bertz CT molecular complexity index is 655. The van der Waals surface area contributed by atoms with E-state index in [2.05, 4.69) is 0 Å². The molecule has 0 spiro atoms. The molecular formula is C17H21F3N2O2. The van der Waals surface area contributed by atoms with Gasteiger partial charge in [-0.3, -0.25) is 4.90 Å². The number of rotatable bonds is 7. The van der Waals surface area contributed by atoms with Crippen molar-refractivity contribution in [1.29, 1.82) is 0 Å². The van der Waals surface area contributed by atoms with Crippen LogP contribution >= 0.6 is 0 Å². The molecule has 0 saturated heterocycles. The summed E-state index contributed by atoms with van der Waals surface area (Å²) in [5, 5.41) is 10.0. The van der Waals surface area contributed by atoms with Gasteiger partial charge in [0, 0.05) is 32.5 Å². The molecule has 1 aromatic carbocycles. The van der Waals surface area contributed by atoms with Gasteiger partial charge in [-0.25, -0.2) is 0 Å². The van der Waals surface area contributed by atoms with E-state index >= 15 is 0 Å². The predicted octanol–water partition coefficient (Wildman–Crippen LogP) is 2.92. The van der Waals surface area contributed by atoms with Crippen LogP contribution in [0.5, 0.6) is 5.75 Å². The molecule has 0 bridgehead atoms. The van der Waals surface area contributed by atoms with Crippen LogP contribution in [0, 0.1) is 0 Å². The summed E-state index contributed by atoms with van der Waals surface area (Å²) >= 11 is 0. The number of nitrogens with zero attached hydrogens (tertiary/aromatic N) is 2. The smallest absolute Gasteiger partial charge is 0.419 e. The fourth-order valence-electron chi connectivity index (χ4n) is 2.46. The molecule has 0 aliphatic carbocycles. The quantitative estimate of drug-likeness (QED) is 0.841. The summed E-state index contributed by atoms with van der Waals surface area (Å²) in [7, 11) is 3.75. The lowest BCUT2D eigenvalue weighted by Crippen LogP contribution is -2.33. The molecule has 0 fully saturated rings. The van der Waals surface area contributed by atoms with Crippen LogP contribution in [0.3, 0.4) is 0 Å². The van der Waals surface area contributed by atoms with Gasteiger partial charge in [0.1, 0.15) is 18.5 Å². The number of hydrogen-bond donors (Lipinski definition) is 1. The number of aliphatic hydroxyl groups is 1. The summed E-state index contributed by atoms with van der Waals surface area (Å²) in [6.07, 6.45) is -1.47. The van der Waals surface area contributed by atoms with Crippen LogP contribution in [-0.2, 0) is 19.8 Å². The highest BCUT2D eigenvalue weighted by atomic mass is 19.4. The number of aliphatic hydroxyl groups excluding tert-OH is 1. The van der Waals surface area contributed by atoms with Crippen LogP contribution in [0.2, 0.25) is 0 Å². The van der Waals surface area contributed by atoms with Crippen LogP contribution < -0.4 is 4.74 Å². The zero-order valence-electron chi connectivity index (χ0n) is 13.6.